The fraction of sp³-hybridized carbons (Fsp3) is 0.345. The summed E-state index contributed by atoms with van der Waals surface area (Å²) in [4.78, 5) is 21.8. The van der Waals surface area contributed by atoms with Gasteiger partial charge in [0.1, 0.15) is 11.5 Å². The zero-order valence-electron chi connectivity index (χ0n) is 20.9. The molecule has 5 nitrogen and oxygen atoms in total. The molecule has 34 heavy (non-hydrogen) atoms. The summed E-state index contributed by atoms with van der Waals surface area (Å²) < 4.78 is 5.29. The molecule has 0 bridgehead atoms. The highest BCUT2D eigenvalue weighted by Gasteiger charge is 2.15. The summed E-state index contributed by atoms with van der Waals surface area (Å²) in [7, 11) is 3.48. The first-order valence-corrected chi connectivity index (χ1v) is 11.8. The number of ether oxygens (including phenoxy) is 1. The highest BCUT2D eigenvalue weighted by Crippen LogP contribution is 2.21. The van der Waals surface area contributed by atoms with E-state index in [9.17, 15) is 4.79 Å². The third kappa shape index (κ3) is 7.01. The first-order valence-electron chi connectivity index (χ1n) is 11.8. The van der Waals surface area contributed by atoms with Crippen molar-refractivity contribution in [3.8, 4) is 5.75 Å². The number of benzene rings is 2. The van der Waals surface area contributed by atoms with E-state index in [0.717, 1.165) is 39.7 Å². The van der Waals surface area contributed by atoms with Crippen LogP contribution >= 0.6 is 0 Å². The highest BCUT2D eigenvalue weighted by molar-refractivity contribution is 6.06. The number of hydrogen-bond donors (Lipinski definition) is 1. The van der Waals surface area contributed by atoms with Crippen molar-refractivity contribution < 1.29 is 9.53 Å². The number of nitrogens with zero attached hydrogens (tertiary/aromatic N) is 2. The SMILES string of the molecule is CN=C(C/C=C/C1=C(C)CC(=O)CC(CNc2cccc(OC)c2)=N1)c1cccc(C(C)C)c1. The molecule has 0 unspecified atom stereocenters. The summed E-state index contributed by atoms with van der Waals surface area (Å²) in [6.45, 7) is 6.89. The molecule has 1 aliphatic heterocycles. The number of anilines is 1. The molecular weight excluding hydrogens is 422 g/mol. The molecule has 0 atom stereocenters. The van der Waals surface area contributed by atoms with Gasteiger partial charge in [-0.3, -0.25) is 14.8 Å². The second kappa shape index (κ2) is 12.1. The Morgan fingerprint density at radius 2 is 1.97 bits per heavy atom. The van der Waals surface area contributed by atoms with Gasteiger partial charge in [0.05, 0.1) is 19.4 Å². The molecule has 2 aromatic rings. The van der Waals surface area contributed by atoms with Crippen LogP contribution in [0.3, 0.4) is 0 Å². The fourth-order valence-corrected chi connectivity index (χ4v) is 3.90. The summed E-state index contributed by atoms with van der Waals surface area (Å²) in [5, 5.41) is 3.36. The third-order valence-electron chi connectivity index (χ3n) is 5.89. The number of rotatable bonds is 9. The molecule has 1 N–H and O–H groups in total. The second-order valence-electron chi connectivity index (χ2n) is 8.88. The van der Waals surface area contributed by atoms with Crippen LogP contribution in [0, 0.1) is 0 Å². The smallest absolute Gasteiger partial charge is 0.142 e. The molecule has 0 aliphatic carbocycles. The van der Waals surface area contributed by atoms with E-state index in [1.165, 1.54) is 5.56 Å². The Labute approximate surface area is 203 Å². The lowest BCUT2D eigenvalue weighted by Crippen LogP contribution is -2.17. The van der Waals surface area contributed by atoms with Gasteiger partial charge in [-0.1, -0.05) is 44.2 Å². The summed E-state index contributed by atoms with van der Waals surface area (Å²) in [5.41, 5.74) is 7.11. The molecule has 1 aliphatic rings. The molecule has 0 fully saturated rings. The van der Waals surface area contributed by atoms with Crippen molar-refractivity contribution in [3.63, 3.8) is 0 Å². The normalized spacial score (nSPS) is 15.1. The average Bonchev–Trinajstić information content (AvgIpc) is 2.97. The van der Waals surface area contributed by atoms with Gasteiger partial charge in [-0.15, -0.1) is 0 Å². The van der Waals surface area contributed by atoms with E-state index in [-0.39, 0.29) is 5.78 Å². The molecule has 178 valence electrons. The maximum Gasteiger partial charge on any atom is 0.142 e. The Morgan fingerprint density at radius 3 is 2.71 bits per heavy atom. The van der Waals surface area contributed by atoms with E-state index in [4.69, 9.17) is 9.73 Å². The van der Waals surface area contributed by atoms with Crippen molar-refractivity contribution in [1.29, 1.82) is 0 Å². The van der Waals surface area contributed by atoms with Crippen LogP contribution in [0.1, 0.15) is 57.1 Å². The molecule has 0 spiro atoms. The Balaban J connectivity index is 1.73. The molecule has 0 radical (unpaired) electrons. The summed E-state index contributed by atoms with van der Waals surface area (Å²) in [6.07, 6.45) is 5.61. The van der Waals surface area contributed by atoms with Gasteiger partial charge in [0.25, 0.3) is 0 Å². The van der Waals surface area contributed by atoms with E-state index >= 15 is 0 Å². The number of methoxy groups -OCH3 is 1. The molecule has 3 rings (SSSR count). The van der Waals surface area contributed by atoms with Gasteiger partial charge in [0.2, 0.25) is 0 Å². The van der Waals surface area contributed by atoms with E-state index in [2.05, 4.69) is 54.5 Å². The minimum absolute atomic E-state index is 0.188. The summed E-state index contributed by atoms with van der Waals surface area (Å²) in [5.74, 6) is 1.45. The standard InChI is InChI=1S/C29H35N3O2/c1-20(2)22-9-6-10-23(16-22)29(30-4)14-8-13-28-21(3)15-26(33)17-25(32-28)19-31-24-11-7-12-27(18-24)34-5/h6-13,16,18,20,31H,14-15,17,19H2,1-5H3/b13-8+,30-29?. The molecule has 5 heteroatoms. The quantitative estimate of drug-likeness (QED) is 0.445. The van der Waals surface area contributed by atoms with Gasteiger partial charge in [-0.2, -0.15) is 0 Å². The summed E-state index contributed by atoms with van der Waals surface area (Å²) in [6, 6.07) is 16.3. The highest BCUT2D eigenvalue weighted by atomic mass is 16.5. The van der Waals surface area contributed by atoms with Gasteiger partial charge < -0.3 is 10.1 Å². The van der Waals surface area contributed by atoms with Crippen molar-refractivity contribution in [2.24, 2.45) is 9.98 Å². The number of carbonyl (C=O) groups excluding carboxylic acids is 1. The van der Waals surface area contributed by atoms with Crippen LogP contribution in [0.4, 0.5) is 5.69 Å². The van der Waals surface area contributed by atoms with Crippen molar-refractivity contribution in [1.82, 2.24) is 0 Å². The third-order valence-corrected chi connectivity index (χ3v) is 5.89. The van der Waals surface area contributed by atoms with Crippen LogP contribution in [0.15, 0.2) is 81.9 Å². The first-order chi connectivity index (χ1) is 16.4. The van der Waals surface area contributed by atoms with Crippen molar-refractivity contribution in [2.45, 2.75) is 46.0 Å². The lowest BCUT2D eigenvalue weighted by atomic mass is 9.98. The minimum Gasteiger partial charge on any atom is -0.497 e. The van der Waals surface area contributed by atoms with Crippen molar-refractivity contribution in [2.75, 3.05) is 26.0 Å². The number of carbonyl (C=O) groups is 1. The molecule has 0 amide bonds. The Kier molecular flexibility index (Phi) is 8.97. The van der Waals surface area contributed by atoms with Crippen LogP contribution in [-0.4, -0.2) is 37.9 Å². The minimum atomic E-state index is 0.188. The Hall–Kier alpha value is -3.47. The Bertz CT molecular complexity index is 1140. The van der Waals surface area contributed by atoms with Crippen molar-refractivity contribution >= 4 is 22.9 Å². The van der Waals surface area contributed by atoms with E-state index < -0.39 is 0 Å². The topological polar surface area (TPSA) is 63.0 Å². The van der Waals surface area contributed by atoms with E-state index in [0.29, 0.717) is 31.7 Å². The van der Waals surface area contributed by atoms with Crippen LogP contribution < -0.4 is 10.1 Å². The van der Waals surface area contributed by atoms with Gasteiger partial charge in [-0.25, -0.2) is 0 Å². The average molecular weight is 458 g/mol. The molecule has 1 heterocycles. The van der Waals surface area contributed by atoms with Crippen LogP contribution in [0.25, 0.3) is 0 Å². The van der Waals surface area contributed by atoms with Gasteiger partial charge in [0.15, 0.2) is 0 Å². The number of nitrogens with one attached hydrogen (secondary N) is 1. The van der Waals surface area contributed by atoms with Gasteiger partial charge in [-0.05, 0) is 53.8 Å². The van der Waals surface area contributed by atoms with Gasteiger partial charge >= 0.3 is 0 Å². The predicted molar refractivity (Wildman–Crippen MR) is 143 cm³/mol. The van der Waals surface area contributed by atoms with Crippen LogP contribution in [0.5, 0.6) is 5.75 Å². The van der Waals surface area contributed by atoms with E-state index in [1.807, 2.05) is 44.3 Å². The number of aliphatic imine (C=N–C) groups is 2. The first kappa shape index (κ1) is 25.2. The van der Waals surface area contributed by atoms with Crippen molar-refractivity contribution in [3.05, 3.63) is 83.1 Å². The molecule has 0 saturated carbocycles. The molecular formula is C29H35N3O2. The maximum absolute atomic E-state index is 12.5. The number of hydrogen-bond acceptors (Lipinski definition) is 5. The largest absolute Gasteiger partial charge is 0.497 e. The number of Topliss-reactive ketones (excluding diaryl/α,β-unsaturated/α-hetero) is 1. The fourth-order valence-electron chi connectivity index (χ4n) is 3.90. The lowest BCUT2D eigenvalue weighted by Gasteiger charge is -2.10. The lowest BCUT2D eigenvalue weighted by molar-refractivity contribution is -0.117. The Morgan fingerprint density at radius 1 is 1.18 bits per heavy atom. The zero-order valence-corrected chi connectivity index (χ0v) is 20.9. The van der Waals surface area contributed by atoms with Gasteiger partial charge in [0, 0.05) is 49.5 Å². The zero-order chi connectivity index (χ0) is 24.5. The number of allylic oxidation sites excluding steroid dienone is 3. The van der Waals surface area contributed by atoms with Crippen LogP contribution in [0.2, 0.25) is 0 Å². The monoisotopic (exact) mass is 457 g/mol. The molecule has 0 aromatic heterocycles. The second-order valence-corrected chi connectivity index (χ2v) is 8.88. The molecule has 0 saturated heterocycles. The number of ketones is 1. The maximum atomic E-state index is 12.5. The predicted octanol–water partition coefficient (Wildman–Crippen LogP) is 6.37. The van der Waals surface area contributed by atoms with Crippen LogP contribution in [-0.2, 0) is 4.79 Å². The van der Waals surface area contributed by atoms with E-state index in [1.54, 1.807) is 7.11 Å². The molecule has 2 aromatic carbocycles. The summed E-state index contributed by atoms with van der Waals surface area (Å²) >= 11 is 0.